The van der Waals surface area contributed by atoms with Gasteiger partial charge in [0.05, 0.1) is 11.3 Å². The summed E-state index contributed by atoms with van der Waals surface area (Å²) in [5.41, 5.74) is 1.39. The van der Waals surface area contributed by atoms with Crippen LogP contribution in [0.2, 0.25) is 0 Å². The monoisotopic (exact) mass is 297 g/mol. The fourth-order valence-electron chi connectivity index (χ4n) is 3.03. The van der Waals surface area contributed by atoms with E-state index in [9.17, 15) is 0 Å². The minimum Gasteiger partial charge on any atom is -0.426 e. The van der Waals surface area contributed by atoms with E-state index in [0.717, 1.165) is 43.1 Å². The zero-order valence-electron chi connectivity index (χ0n) is 12.8. The standard InChI is InChI=1S/C16H19N5O/c1-10-13(9-17)4-6-15(18-10)19-14-5-3-12(7-14)8-16-21-20-11(2)22-16/h4,6,12,14H,3,5,7-8H2,1-2H3,(H,18,19)/t12-,14+/m1/s1. The summed E-state index contributed by atoms with van der Waals surface area (Å²) in [5.74, 6) is 2.77. The molecular formula is C16H19N5O. The average molecular weight is 297 g/mol. The molecule has 22 heavy (non-hydrogen) atoms. The van der Waals surface area contributed by atoms with Gasteiger partial charge < -0.3 is 9.73 Å². The number of aromatic nitrogens is 3. The Morgan fingerprint density at radius 3 is 2.86 bits per heavy atom. The normalized spacial score (nSPS) is 20.8. The topological polar surface area (TPSA) is 87.6 Å². The number of pyridine rings is 1. The number of nitriles is 1. The highest BCUT2D eigenvalue weighted by Gasteiger charge is 2.26. The molecule has 0 aromatic carbocycles. The van der Waals surface area contributed by atoms with Crippen molar-refractivity contribution in [3.8, 4) is 6.07 Å². The first-order chi connectivity index (χ1) is 10.6. The Labute approximate surface area is 129 Å². The molecule has 0 saturated heterocycles. The number of rotatable bonds is 4. The van der Waals surface area contributed by atoms with Crippen LogP contribution in [0.4, 0.5) is 5.82 Å². The van der Waals surface area contributed by atoms with Crippen LogP contribution in [0.1, 0.15) is 42.3 Å². The van der Waals surface area contributed by atoms with Crippen LogP contribution >= 0.6 is 0 Å². The van der Waals surface area contributed by atoms with E-state index in [0.29, 0.717) is 23.4 Å². The van der Waals surface area contributed by atoms with Crippen molar-refractivity contribution in [3.63, 3.8) is 0 Å². The van der Waals surface area contributed by atoms with Crippen molar-refractivity contribution in [3.05, 3.63) is 35.2 Å². The number of anilines is 1. The van der Waals surface area contributed by atoms with Crippen LogP contribution in [-0.4, -0.2) is 21.2 Å². The van der Waals surface area contributed by atoms with E-state index >= 15 is 0 Å². The van der Waals surface area contributed by atoms with Crippen molar-refractivity contribution >= 4 is 5.82 Å². The Balaban J connectivity index is 1.57. The van der Waals surface area contributed by atoms with Gasteiger partial charge in [-0.2, -0.15) is 5.26 Å². The van der Waals surface area contributed by atoms with Crippen molar-refractivity contribution in [2.24, 2.45) is 5.92 Å². The molecule has 0 unspecified atom stereocenters. The summed E-state index contributed by atoms with van der Waals surface area (Å²) in [6.07, 6.45) is 4.17. The Morgan fingerprint density at radius 1 is 1.32 bits per heavy atom. The van der Waals surface area contributed by atoms with Crippen LogP contribution in [0.5, 0.6) is 0 Å². The molecule has 1 saturated carbocycles. The molecule has 3 rings (SSSR count). The second-order valence-corrected chi connectivity index (χ2v) is 5.88. The van der Waals surface area contributed by atoms with Crippen molar-refractivity contribution in [1.29, 1.82) is 5.26 Å². The summed E-state index contributed by atoms with van der Waals surface area (Å²) in [4.78, 5) is 4.45. The Kier molecular flexibility index (Phi) is 4.05. The largest absolute Gasteiger partial charge is 0.426 e. The number of nitrogens with zero attached hydrogens (tertiary/aromatic N) is 4. The molecule has 2 atom stereocenters. The zero-order valence-corrected chi connectivity index (χ0v) is 12.8. The fourth-order valence-corrected chi connectivity index (χ4v) is 3.03. The van der Waals surface area contributed by atoms with Gasteiger partial charge in [-0.15, -0.1) is 10.2 Å². The predicted molar refractivity (Wildman–Crippen MR) is 81.2 cm³/mol. The molecule has 2 aromatic rings. The Hall–Kier alpha value is -2.42. The van der Waals surface area contributed by atoms with Crippen molar-refractivity contribution in [2.45, 2.75) is 45.6 Å². The van der Waals surface area contributed by atoms with E-state index in [4.69, 9.17) is 9.68 Å². The van der Waals surface area contributed by atoms with Gasteiger partial charge in [0.1, 0.15) is 11.9 Å². The molecule has 0 spiro atoms. The third-order valence-electron chi connectivity index (χ3n) is 4.13. The summed E-state index contributed by atoms with van der Waals surface area (Å²) >= 11 is 0. The van der Waals surface area contributed by atoms with E-state index in [1.807, 2.05) is 26.0 Å². The highest BCUT2D eigenvalue weighted by atomic mass is 16.4. The molecule has 6 heteroatoms. The second kappa shape index (κ2) is 6.14. The lowest BCUT2D eigenvalue weighted by molar-refractivity contribution is 0.416. The quantitative estimate of drug-likeness (QED) is 0.933. The van der Waals surface area contributed by atoms with E-state index in [-0.39, 0.29) is 0 Å². The molecule has 2 heterocycles. The van der Waals surface area contributed by atoms with Crippen LogP contribution in [-0.2, 0) is 6.42 Å². The van der Waals surface area contributed by atoms with E-state index in [1.54, 1.807) is 0 Å². The fraction of sp³-hybridized carbons (Fsp3) is 0.500. The molecule has 0 bridgehead atoms. The summed E-state index contributed by atoms with van der Waals surface area (Å²) in [6.45, 7) is 3.67. The van der Waals surface area contributed by atoms with E-state index in [1.165, 1.54) is 0 Å². The van der Waals surface area contributed by atoms with Gasteiger partial charge in [-0.25, -0.2) is 4.98 Å². The van der Waals surface area contributed by atoms with E-state index in [2.05, 4.69) is 26.6 Å². The van der Waals surface area contributed by atoms with Crippen molar-refractivity contribution in [1.82, 2.24) is 15.2 Å². The van der Waals surface area contributed by atoms with Gasteiger partial charge in [0.2, 0.25) is 11.8 Å². The lowest BCUT2D eigenvalue weighted by Gasteiger charge is -2.14. The maximum absolute atomic E-state index is 8.94. The van der Waals surface area contributed by atoms with Gasteiger partial charge in [0.15, 0.2) is 0 Å². The number of hydrogen-bond acceptors (Lipinski definition) is 6. The number of hydrogen-bond donors (Lipinski definition) is 1. The third-order valence-corrected chi connectivity index (χ3v) is 4.13. The molecule has 6 nitrogen and oxygen atoms in total. The van der Waals surface area contributed by atoms with Crippen LogP contribution in [0, 0.1) is 31.1 Å². The molecule has 0 aliphatic heterocycles. The summed E-state index contributed by atoms with van der Waals surface area (Å²) in [6, 6.07) is 6.24. The highest BCUT2D eigenvalue weighted by molar-refractivity contribution is 5.43. The first kappa shape index (κ1) is 14.5. The Morgan fingerprint density at radius 2 is 2.18 bits per heavy atom. The van der Waals surface area contributed by atoms with Crippen LogP contribution < -0.4 is 5.32 Å². The minimum absolute atomic E-state index is 0.411. The van der Waals surface area contributed by atoms with E-state index < -0.39 is 0 Å². The lowest BCUT2D eigenvalue weighted by atomic mass is 10.0. The van der Waals surface area contributed by atoms with Gasteiger partial charge in [-0.3, -0.25) is 0 Å². The van der Waals surface area contributed by atoms with Gasteiger partial charge in [-0.1, -0.05) is 0 Å². The zero-order chi connectivity index (χ0) is 15.5. The van der Waals surface area contributed by atoms with Gasteiger partial charge in [0.25, 0.3) is 0 Å². The molecule has 1 aliphatic rings. The van der Waals surface area contributed by atoms with Gasteiger partial charge in [0, 0.05) is 19.4 Å². The lowest BCUT2D eigenvalue weighted by Crippen LogP contribution is -2.17. The SMILES string of the molecule is Cc1nnc(C[C@@H]2CC[C@H](Nc3ccc(C#N)c(C)n3)C2)o1. The predicted octanol–water partition coefficient (Wildman–Crippen LogP) is 2.78. The first-order valence-electron chi connectivity index (χ1n) is 7.57. The minimum atomic E-state index is 0.411. The van der Waals surface area contributed by atoms with Gasteiger partial charge >= 0.3 is 0 Å². The highest BCUT2D eigenvalue weighted by Crippen LogP contribution is 2.30. The second-order valence-electron chi connectivity index (χ2n) is 5.88. The van der Waals surface area contributed by atoms with Crippen LogP contribution in [0.25, 0.3) is 0 Å². The van der Waals surface area contributed by atoms with Crippen LogP contribution in [0.3, 0.4) is 0 Å². The van der Waals surface area contributed by atoms with Crippen molar-refractivity contribution in [2.75, 3.05) is 5.32 Å². The molecule has 1 fully saturated rings. The summed E-state index contributed by atoms with van der Waals surface area (Å²) in [5, 5.41) is 20.3. The Bertz CT molecular complexity index is 703. The molecule has 114 valence electrons. The number of aryl methyl sites for hydroxylation is 2. The maximum Gasteiger partial charge on any atom is 0.216 e. The third kappa shape index (κ3) is 3.25. The van der Waals surface area contributed by atoms with Crippen LogP contribution in [0.15, 0.2) is 16.5 Å². The molecular weight excluding hydrogens is 278 g/mol. The molecule has 2 aromatic heterocycles. The molecule has 1 aliphatic carbocycles. The van der Waals surface area contributed by atoms with Gasteiger partial charge in [-0.05, 0) is 44.2 Å². The molecule has 0 radical (unpaired) electrons. The number of nitrogens with one attached hydrogen (secondary N) is 1. The smallest absolute Gasteiger partial charge is 0.216 e. The molecule has 1 N–H and O–H groups in total. The first-order valence-corrected chi connectivity index (χ1v) is 7.57. The average Bonchev–Trinajstić information content (AvgIpc) is 3.09. The summed E-state index contributed by atoms with van der Waals surface area (Å²) < 4.78 is 5.45. The van der Waals surface area contributed by atoms with Crippen molar-refractivity contribution < 1.29 is 4.42 Å². The molecule has 0 amide bonds. The maximum atomic E-state index is 8.94. The summed E-state index contributed by atoms with van der Waals surface area (Å²) in [7, 11) is 0.